The number of amides is 1. The van der Waals surface area contributed by atoms with E-state index in [9.17, 15) is 9.59 Å². The molecule has 0 aromatic carbocycles. The Labute approximate surface area is 110 Å². The molecule has 0 bridgehead atoms. The third-order valence-corrected chi connectivity index (χ3v) is 3.10. The van der Waals surface area contributed by atoms with Crippen molar-refractivity contribution in [2.45, 2.75) is 31.7 Å². The van der Waals surface area contributed by atoms with Crippen molar-refractivity contribution < 1.29 is 14.7 Å². The molecular formula is C12H16N2O3S. The first-order chi connectivity index (χ1) is 8.40. The molecule has 1 rings (SSSR count). The molecule has 0 radical (unpaired) electrons. The summed E-state index contributed by atoms with van der Waals surface area (Å²) < 4.78 is 0. The highest BCUT2D eigenvalue weighted by atomic mass is 32.2. The van der Waals surface area contributed by atoms with Crippen molar-refractivity contribution in [3.8, 4) is 0 Å². The van der Waals surface area contributed by atoms with Gasteiger partial charge in [0, 0.05) is 22.8 Å². The molecule has 0 aliphatic heterocycles. The van der Waals surface area contributed by atoms with E-state index in [0.29, 0.717) is 4.90 Å². The van der Waals surface area contributed by atoms with Gasteiger partial charge in [0.2, 0.25) is 5.91 Å². The lowest BCUT2D eigenvalue weighted by molar-refractivity contribution is -0.119. The van der Waals surface area contributed by atoms with Crippen LogP contribution in [0.2, 0.25) is 0 Å². The molecule has 0 fully saturated rings. The molecular weight excluding hydrogens is 252 g/mol. The first-order valence-electron chi connectivity index (χ1n) is 5.52. The summed E-state index contributed by atoms with van der Waals surface area (Å²) in [6.45, 7) is 5.54. The van der Waals surface area contributed by atoms with Gasteiger partial charge in [-0.15, -0.1) is 11.8 Å². The van der Waals surface area contributed by atoms with Crippen molar-refractivity contribution >= 4 is 23.6 Å². The van der Waals surface area contributed by atoms with Gasteiger partial charge in [0.1, 0.15) is 0 Å². The molecule has 6 heteroatoms. The fourth-order valence-corrected chi connectivity index (χ4v) is 2.24. The lowest BCUT2D eigenvalue weighted by Gasteiger charge is -2.09. The van der Waals surface area contributed by atoms with E-state index >= 15 is 0 Å². The molecule has 5 nitrogen and oxygen atoms in total. The maximum absolute atomic E-state index is 11.5. The summed E-state index contributed by atoms with van der Waals surface area (Å²) in [6, 6.07) is 1.76. The molecule has 0 saturated carbocycles. The minimum absolute atomic E-state index is 0.0798. The molecule has 0 saturated heterocycles. The Morgan fingerprint density at radius 1 is 1.50 bits per heavy atom. The van der Waals surface area contributed by atoms with E-state index in [-0.39, 0.29) is 23.3 Å². The summed E-state index contributed by atoms with van der Waals surface area (Å²) >= 11 is 1.21. The zero-order chi connectivity index (χ0) is 13.7. The highest BCUT2D eigenvalue weighted by molar-refractivity contribution is 8.00. The molecule has 98 valence electrons. The summed E-state index contributed by atoms with van der Waals surface area (Å²) in [5.41, 5.74) is 0.856. The Morgan fingerprint density at radius 3 is 2.72 bits per heavy atom. The van der Waals surface area contributed by atoms with Crippen LogP contribution in [0.25, 0.3) is 0 Å². The second-order valence-corrected chi connectivity index (χ2v) is 5.16. The predicted octanol–water partition coefficient (Wildman–Crippen LogP) is 1.70. The quantitative estimate of drug-likeness (QED) is 0.795. The average Bonchev–Trinajstić information content (AvgIpc) is 2.25. The average molecular weight is 268 g/mol. The van der Waals surface area contributed by atoms with Gasteiger partial charge in [-0.2, -0.15) is 0 Å². The Balaban J connectivity index is 2.74. The Hall–Kier alpha value is -1.56. The van der Waals surface area contributed by atoms with Crippen molar-refractivity contribution in [2.75, 3.05) is 5.75 Å². The summed E-state index contributed by atoms with van der Waals surface area (Å²) in [4.78, 5) is 27.0. The highest BCUT2D eigenvalue weighted by Gasteiger charge is 2.13. The van der Waals surface area contributed by atoms with Crippen LogP contribution in [0.15, 0.2) is 17.2 Å². The number of aromatic nitrogens is 1. The van der Waals surface area contributed by atoms with Gasteiger partial charge in [0.25, 0.3) is 0 Å². The molecule has 1 amide bonds. The van der Waals surface area contributed by atoms with Crippen LogP contribution in [0.4, 0.5) is 0 Å². The summed E-state index contributed by atoms with van der Waals surface area (Å²) in [5, 5.41) is 11.8. The van der Waals surface area contributed by atoms with E-state index in [4.69, 9.17) is 5.11 Å². The number of hydrogen-bond acceptors (Lipinski definition) is 4. The van der Waals surface area contributed by atoms with E-state index in [1.165, 1.54) is 18.0 Å². The third kappa shape index (κ3) is 4.37. The van der Waals surface area contributed by atoms with E-state index in [2.05, 4.69) is 10.3 Å². The number of rotatable bonds is 5. The molecule has 1 heterocycles. The number of thioether (sulfide) groups is 1. The van der Waals surface area contributed by atoms with Gasteiger partial charge >= 0.3 is 5.97 Å². The molecule has 1 aromatic rings. The first-order valence-corrected chi connectivity index (χ1v) is 6.51. The number of carboxylic acids is 1. The minimum Gasteiger partial charge on any atom is -0.478 e. The molecule has 0 aliphatic rings. The number of carboxylic acid groups (broad SMARTS) is 1. The number of nitrogens with one attached hydrogen (secondary N) is 1. The van der Waals surface area contributed by atoms with Gasteiger partial charge < -0.3 is 10.4 Å². The van der Waals surface area contributed by atoms with Gasteiger partial charge in [-0.05, 0) is 26.8 Å². The van der Waals surface area contributed by atoms with Crippen molar-refractivity contribution in [3.05, 3.63) is 23.5 Å². The molecule has 0 spiro atoms. The van der Waals surface area contributed by atoms with Gasteiger partial charge in [0.15, 0.2) is 0 Å². The molecule has 0 aliphatic carbocycles. The fourth-order valence-electron chi connectivity index (χ4n) is 1.32. The Bertz CT molecular complexity index is 461. The molecule has 18 heavy (non-hydrogen) atoms. The number of nitrogens with zero attached hydrogens (tertiary/aromatic N) is 1. The second-order valence-electron chi connectivity index (χ2n) is 4.14. The zero-order valence-corrected chi connectivity index (χ0v) is 11.4. The maximum atomic E-state index is 11.5. The molecule has 0 atom stereocenters. The van der Waals surface area contributed by atoms with Crippen LogP contribution in [0.1, 0.15) is 29.9 Å². The summed E-state index contributed by atoms with van der Waals surface area (Å²) in [7, 11) is 0. The topological polar surface area (TPSA) is 79.3 Å². The number of aromatic carboxylic acids is 1. The van der Waals surface area contributed by atoms with E-state index < -0.39 is 5.97 Å². The smallest absolute Gasteiger partial charge is 0.338 e. The van der Waals surface area contributed by atoms with Crippen LogP contribution in [0.3, 0.4) is 0 Å². The standard InChI is InChI=1S/C12H16N2O3S/c1-7(2)14-11(15)6-18-10-4-8(3)13-5-9(10)12(16)17/h4-5,7H,6H2,1-3H3,(H,14,15)(H,16,17). The summed E-state index contributed by atoms with van der Waals surface area (Å²) in [5.74, 6) is -0.947. The molecule has 0 unspecified atom stereocenters. The van der Waals surface area contributed by atoms with E-state index in [1.807, 2.05) is 13.8 Å². The lowest BCUT2D eigenvalue weighted by Crippen LogP contribution is -2.31. The van der Waals surface area contributed by atoms with Gasteiger partial charge in [-0.3, -0.25) is 9.78 Å². The third-order valence-electron chi connectivity index (χ3n) is 2.04. The lowest BCUT2D eigenvalue weighted by atomic mass is 10.2. The minimum atomic E-state index is -1.03. The molecule has 1 aromatic heterocycles. The number of carbonyl (C=O) groups excluding carboxylic acids is 1. The van der Waals surface area contributed by atoms with Crippen LogP contribution in [0.5, 0.6) is 0 Å². The van der Waals surface area contributed by atoms with Crippen LogP contribution in [0, 0.1) is 6.92 Å². The van der Waals surface area contributed by atoms with Crippen LogP contribution in [-0.2, 0) is 4.79 Å². The van der Waals surface area contributed by atoms with Crippen molar-refractivity contribution in [1.82, 2.24) is 10.3 Å². The largest absolute Gasteiger partial charge is 0.478 e. The van der Waals surface area contributed by atoms with Crippen molar-refractivity contribution in [2.24, 2.45) is 0 Å². The van der Waals surface area contributed by atoms with Crippen molar-refractivity contribution in [3.63, 3.8) is 0 Å². The summed E-state index contributed by atoms with van der Waals surface area (Å²) in [6.07, 6.45) is 1.32. The zero-order valence-electron chi connectivity index (χ0n) is 10.6. The number of aryl methyl sites for hydroxylation is 1. The van der Waals surface area contributed by atoms with Gasteiger partial charge in [0.05, 0.1) is 11.3 Å². The highest BCUT2D eigenvalue weighted by Crippen LogP contribution is 2.22. The SMILES string of the molecule is Cc1cc(SCC(=O)NC(C)C)c(C(=O)O)cn1. The monoisotopic (exact) mass is 268 g/mol. The normalized spacial score (nSPS) is 10.4. The van der Waals surface area contributed by atoms with Crippen LogP contribution < -0.4 is 5.32 Å². The van der Waals surface area contributed by atoms with Crippen LogP contribution in [-0.4, -0.2) is 33.8 Å². The van der Waals surface area contributed by atoms with E-state index in [0.717, 1.165) is 5.69 Å². The van der Waals surface area contributed by atoms with Crippen molar-refractivity contribution in [1.29, 1.82) is 0 Å². The predicted molar refractivity (Wildman–Crippen MR) is 69.9 cm³/mol. The van der Waals surface area contributed by atoms with Gasteiger partial charge in [-0.25, -0.2) is 4.79 Å². The Kier molecular flexibility index (Phi) is 5.15. The first kappa shape index (κ1) is 14.5. The maximum Gasteiger partial charge on any atom is 0.338 e. The van der Waals surface area contributed by atoms with E-state index in [1.54, 1.807) is 13.0 Å². The molecule has 2 N–H and O–H groups in total. The number of hydrogen-bond donors (Lipinski definition) is 2. The number of carbonyl (C=O) groups is 2. The fraction of sp³-hybridized carbons (Fsp3) is 0.417. The van der Waals surface area contributed by atoms with Crippen LogP contribution >= 0.6 is 11.8 Å². The van der Waals surface area contributed by atoms with Gasteiger partial charge in [-0.1, -0.05) is 0 Å². The second kappa shape index (κ2) is 6.39. The Morgan fingerprint density at radius 2 is 2.17 bits per heavy atom. The number of pyridine rings is 1.